The zero-order chi connectivity index (χ0) is 17.9. The molecule has 0 amide bonds. The van der Waals surface area contributed by atoms with Crippen molar-refractivity contribution in [2.45, 2.75) is 64.1 Å². The molecule has 3 fully saturated rings. The van der Waals surface area contributed by atoms with Crippen LogP contribution in [0, 0.1) is 19.8 Å². The number of hydrogen-bond donors (Lipinski definition) is 2. The second-order valence-corrected chi connectivity index (χ2v) is 8.18. The Hall–Kier alpha value is -0.950. The Kier molecular flexibility index (Phi) is 7.31. The van der Waals surface area contributed by atoms with E-state index in [2.05, 4.69) is 38.5 Å². The monoisotopic (exact) mass is 395 g/mol. The van der Waals surface area contributed by atoms with Gasteiger partial charge in [0, 0.05) is 49.5 Å². The lowest BCUT2D eigenvalue weighted by atomic mass is 9.92. The van der Waals surface area contributed by atoms with Crippen molar-refractivity contribution in [3.8, 4) is 0 Å². The third-order valence-corrected chi connectivity index (χ3v) is 6.26. The zero-order valence-corrected chi connectivity index (χ0v) is 17.4. The van der Waals surface area contributed by atoms with Crippen molar-refractivity contribution < 1.29 is 4.74 Å². The molecule has 1 aromatic rings. The molecular formula is C20H34ClN5O. The van der Waals surface area contributed by atoms with Gasteiger partial charge in [0.1, 0.15) is 11.6 Å². The Balaban J connectivity index is 0.00000210. The molecule has 0 bridgehead atoms. The second kappa shape index (κ2) is 9.50. The van der Waals surface area contributed by atoms with Crippen molar-refractivity contribution in [1.29, 1.82) is 0 Å². The Morgan fingerprint density at radius 2 is 1.96 bits per heavy atom. The normalized spacial score (nSPS) is 29.6. The SMILES string of the molecule is Cc1cc(N2CCC(NC3CCCC3C3COCCN3)CC2)nc(C)n1.Cl. The number of morpholine rings is 1. The molecule has 1 aromatic heterocycles. The molecule has 2 aliphatic heterocycles. The van der Waals surface area contributed by atoms with Gasteiger partial charge in [-0.15, -0.1) is 12.4 Å². The average Bonchev–Trinajstić information content (AvgIpc) is 3.10. The maximum absolute atomic E-state index is 5.71. The third-order valence-electron chi connectivity index (χ3n) is 6.26. The highest BCUT2D eigenvalue weighted by atomic mass is 35.5. The number of anilines is 1. The smallest absolute Gasteiger partial charge is 0.132 e. The van der Waals surface area contributed by atoms with Gasteiger partial charge in [0.15, 0.2) is 0 Å². The van der Waals surface area contributed by atoms with Crippen molar-refractivity contribution in [3.63, 3.8) is 0 Å². The molecule has 2 N–H and O–H groups in total. The van der Waals surface area contributed by atoms with Crippen molar-refractivity contribution in [2.24, 2.45) is 5.92 Å². The number of aromatic nitrogens is 2. The van der Waals surface area contributed by atoms with E-state index >= 15 is 0 Å². The fraction of sp³-hybridized carbons (Fsp3) is 0.800. The molecule has 3 unspecified atom stereocenters. The maximum Gasteiger partial charge on any atom is 0.132 e. The lowest BCUT2D eigenvalue weighted by Crippen LogP contribution is -2.53. The molecule has 152 valence electrons. The number of ether oxygens (including phenoxy) is 1. The van der Waals surface area contributed by atoms with Gasteiger partial charge in [-0.25, -0.2) is 9.97 Å². The van der Waals surface area contributed by atoms with E-state index in [1.54, 1.807) is 0 Å². The number of hydrogen-bond acceptors (Lipinski definition) is 6. The van der Waals surface area contributed by atoms with Crippen molar-refractivity contribution in [2.75, 3.05) is 37.7 Å². The predicted molar refractivity (Wildman–Crippen MR) is 111 cm³/mol. The number of nitrogens with one attached hydrogen (secondary N) is 2. The molecule has 0 aromatic carbocycles. The van der Waals surface area contributed by atoms with E-state index in [4.69, 9.17) is 4.74 Å². The Morgan fingerprint density at radius 3 is 2.67 bits per heavy atom. The van der Waals surface area contributed by atoms with Crippen LogP contribution in [0.1, 0.15) is 43.6 Å². The summed E-state index contributed by atoms with van der Waals surface area (Å²) >= 11 is 0. The lowest BCUT2D eigenvalue weighted by molar-refractivity contribution is 0.0514. The molecule has 27 heavy (non-hydrogen) atoms. The molecule has 0 spiro atoms. The molecule has 0 radical (unpaired) electrons. The van der Waals surface area contributed by atoms with Crippen molar-refractivity contribution in [1.82, 2.24) is 20.6 Å². The van der Waals surface area contributed by atoms with Crippen LogP contribution in [-0.4, -0.2) is 60.9 Å². The summed E-state index contributed by atoms with van der Waals surface area (Å²) in [5, 5.41) is 7.68. The molecule has 1 saturated carbocycles. The molecule has 3 heterocycles. The maximum atomic E-state index is 5.71. The van der Waals surface area contributed by atoms with Gasteiger partial charge in [0.25, 0.3) is 0 Å². The summed E-state index contributed by atoms with van der Waals surface area (Å²) in [6.07, 6.45) is 6.38. The highest BCUT2D eigenvalue weighted by Crippen LogP contribution is 2.31. The summed E-state index contributed by atoms with van der Waals surface area (Å²) in [5.74, 6) is 2.69. The van der Waals surface area contributed by atoms with Gasteiger partial charge in [-0.05, 0) is 45.4 Å². The minimum absolute atomic E-state index is 0. The zero-order valence-electron chi connectivity index (χ0n) is 16.6. The van der Waals surface area contributed by atoms with Gasteiger partial charge >= 0.3 is 0 Å². The van der Waals surface area contributed by atoms with Gasteiger partial charge < -0.3 is 20.3 Å². The first kappa shape index (κ1) is 20.8. The summed E-state index contributed by atoms with van der Waals surface area (Å²) in [4.78, 5) is 11.4. The Bertz CT molecular complexity index is 582. The van der Waals surface area contributed by atoms with Crippen LogP contribution in [0.25, 0.3) is 0 Å². The van der Waals surface area contributed by atoms with Crippen LogP contribution >= 0.6 is 12.4 Å². The van der Waals surface area contributed by atoms with Crippen LogP contribution in [0.2, 0.25) is 0 Å². The number of halogens is 1. The van der Waals surface area contributed by atoms with Crippen LogP contribution in [0.5, 0.6) is 0 Å². The molecule has 7 heteroatoms. The first-order chi connectivity index (χ1) is 12.7. The van der Waals surface area contributed by atoms with Gasteiger partial charge in [0.2, 0.25) is 0 Å². The van der Waals surface area contributed by atoms with Crippen LogP contribution in [-0.2, 0) is 4.74 Å². The van der Waals surface area contributed by atoms with Crippen LogP contribution in [0.4, 0.5) is 5.82 Å². The fourth-order valence-corrected chi connectivity index (χ4v) is 4.98. The molecule has 3 aliphatic rings. The highest BCUT2D eigenvalue weighted by molar-refractivity contribution is 5.85. The first-order valence-electron chi connectivity index (χ1n) is 10.3. The van der Waals surface area contributed by atoms with Crippen molar-refractivity contribution >= 4 is 18.2 Å². The average molecular weight is 396 g/mol. The van der Waals surface area contributed by atoms with Gasteiger partial charge in [0.05, 0.1) is 13.2 Å². The number of piperidine rings is 1. The van der Waals surface area contributed by atoms with E-state index in [9.17, 15) is 0 Å². The molecule has 1 aliphatic carbocycles. The van der Waals surface area contributed by atoms with E-state index in [0.717, 1.165) is 56.1 Å². The van der Waals surface area contributed by atoms with Crippen LogP contribution in [0.3, 0.4) is 0 Å². The third kappa shape index (κ3) is 5.11. The Labute approximate surface area is 169 Å². The van der Waals surface area contributed by atoms with Gasteiger partial charge in [-0.3, -0.25) is 0 Å². The number of rotatable bonds is 4. The molecule has 4 rings (SSSR count). The summed E-state index contributed by atoms with van der Waals surface area (Å²) in [7, 11) is 0. The largest absolute Gasteiger partial charge is 0.379 e. The van der Waals surface area contributed by atoms with Crippen LogP contribution in [0.15, 0.2) is 6.07 Å². The van der Waals surface area contributed by atoms with Gasteiger partial charge in [-0.1, -0.05) is 6.42 Å². The topological polar surface area (TPSA) is 62.3 Å². The minimum Gasteiger partial charge on any atom is -0.379 e. The summed E-state index contributed by atoms with van der Waals surface area (Å²) < 4.78 is 5.71. The quantitative estimate of drug-likeness (QED) is 0.815. The van der Waals surface area contributed by atoms with E-state index in [1.165, 1.54) is 32.1 Å². The molecule has 2 saturated heterocycles. The minimum atomic E-state index is 0. The van der Waals surface area contributed by atoms with E-state index in [1.807, 2.05) is 6.92 Å². The standard InChI is InChI=1S/C20H33N5O.ClH/c1-14-12-20(23-15(2)22-14)25-9-6-16(7-10-25)24-18-5-3-4-17(18)19-13-26-11-8-21-19;/h12,16-19,21,24H,3-11,13H2,1-2H3;1H. The van der Waals surface area contributed by atoms with Crippen molar-refractivity contribution in [3.05, 3.63) is 17.6 Å². The van der Waals surface area contributed by atoms with E-state index in [0.29, 0.717) is 18.1 Å². The first-order valence-corrected chi connectivity index (χ1v) is 10.3. The summed E-state index contributed by atoms with van der Waals surface area (Å²) in [6.45, 7) is 8.94. The Morgan fingerprint density at radius 1 is 1.15 bits per heavy atom. The molecule has 6 nitrogen and oxygen atoms in total. The predicted octanol–water partition coefficient (Wildman–Crippen LogP) is 2.23. The highest BCUT2D eigenvalue weighted by Gasteiger charge is 2.36. The van der Waals surface area contributed by atoms with Crippen LogP contribution < -0.4 is 15.5 Å². The summed E-state index contributed by atoms with van der Waals surface area (Å²) in [6, 6.07) is 3.93. The molecular weight excluding hydrogens is 362 g/mol. The number of nitrogens with zero attached hydrogens (tertiary/aromatic N) is 3. The molecule has 3 atom stereocenters. The fourth-order valence-electron chi connectivity index (χ4n) is 4.98. The summed E-state index contributed by atoms with van der Waals surface area (Å²) in [5.41, 5.74) is 1.06. The van der Waals surface area contributed by atoms with E-state index < -0.39 is 0 Å². The van der Waals surface area contributed by atoms with E-state index in [-0.39, 0.29) is 12.4 Å². The van der Waals surface area contributed by atoms with Gasteiger partial charge in [-0.2, -0.15) is 0 Å². The lowest BCUT2D eigenvalue weighted by Gasteiger charge is -2.38. The number of aryl methyl sites for hydroxylation is 2. The second-order valence-electron chi connectivity index (χ2n) is 8.18.